The van der Waals surface area contributed by atoms with E-state index in [9.17, 15) is 0 Å². The third-order valence-electron chi connectivity index (χ3n) is 2.24. The van der Waals surface area contributed by atoms with Gasteiger partial charge in [0.1, 0.15) is 0 Å². The molecule has 1 saturated carbocycles. The van der Waals surface area contributed by atoms with Crippen LogP contribution in [-0.4, -0.2) is 11.6 Å². The maximum atomic E-state index is 3.66. The first-order valence-corrected chi connectivity index (χ1v) is 4.86. The molecule has 0 bridgehead atoms. The molecule has 0 unspecified atom stereocenters. The van der Waals surface area contributed by atoms with E-state index < -0.39 is 0 Å². The lowest BCUT2D eigenvalue weighted by Crippen LogP contribution is -2.44. The quantitative estimate of drug-likeness (QED) is 0.736. The molecule has 2 heteroatoms. The van der Waals surface area contributed by atoms with Gasteiger partial charge in [-0.25, -0.2) is 0 Å². The highest BCUT2D eigenvalue weighted by Gasteiger charge is 2.18. The lowest BCUT2D eigenvalue weighted by Gasteiger charge is -2.31. The smallest absolute Gasteiger partial charge is 0.00990 e. The fourth-order valence-corrected chi connectivity index (χ4v) is 1.86. The van der Waals surface area contributed by atoms with E-state index in [0.717, 1.165) is 6.04 Å². The second kappa shape index (κ2) is 5.23. The summed E-state index contributed by atoms with van der Waals surface area (Å²) < 4.78 is 0. The van der Waals surface area contributed by atoms with Gasteiger partial charge in [0.15, 0.2) is 0 Å². The summed E-state index contributed by atoms with van der Waals surface area (Å²) in [6, 6.07) is 0.795. The average molecular weight is 236 g/mol. The highest BCUT2D eigenvalue weighted by atomic mass is 79.9. The van der Waals surface area contributed by atoms with Gasteiger partial charge in [-0.1, -0.05) is 19.3 Å². The molecule has 12 heavy (non-hydrogen) atoms. The van der Waals surface area contributed by atoms with Crippen LogP contribution in [0.25, 0.3) is 0 Å². The standard InChI is InChI=1S/C10H21N.BrH/c1-10(2,3)11-9-7-5-4-6-8-9;/h9,11H,4-8H2,1-3H3;1H. The van der Waals surface area contributed by atoms with Crippen molar-refractivity contribution in [1.82, 2.24) is 5.32 Å². The van der Waals surface area contributed by atoms with Crippen molar-refractivity contribution in [3.63, 3.8) is 0 Å². The maximum Gasteiger partial charge on any atom is 0.00990 e. The van der Waals surface area contributed by atoms with Crippen molar-refractivity contribution in [2.75, 3.05) is 0 Å². The predicted molar refractivity (Wildman–Crippen MR) is 60.1 cm³/mol. The van der Waals surface area contributed by atoms with Crippen molar-refractivity contribution in [2.45, 2.75) is 64.5 Å². The zero-order valence-electron chi connectivity index (χ0n) is 8.52. The number of hydrogen-bond donors (Lipinski definition) is 1. The van der Waals surface area contributed by atoms with Gasteiger partial charge >= 0.3 is 0 Å². The molecule has 0 atom stereocenters. The van der Waals surface area contributed by atoms with Gasteiger partial charge in [-0.3, -0.25) is 0 Å². The van der Waals surface area contributed by atoms with E-state index in [1.165, 1.54) is 32.1 Å². The summed E-state index contributed by atoms with van der Waals surface area (Å²) in [5, 5.41) is 3.66. The number of halogens is 1. The molecular weight excluding hydrogens is 214 g/mol. The highest BCUT2D eigenvalue weighted by molar-refractivity contribution is 8.93. The second-order valence-electron chi connectivity index (χ2n) is 4.73. The molecule has 1 aliphatic carbocycles. The molecule has 74 valence electrons. The molecule has 0 amide bonds. The summed E-state index contributed by atoms with van der Waals surface area (Å²) in [6.07, 6.45) is 7.07. The van der Waals surface area contributed by atoms with Gasteiger partial charge < -0.3 is 5.32 Å². The van der Waals surface area contributed by atoms with Gasteiger partial charge in [0.2, 0.25) is 0 Å². The number of hydrogen-bond acceptors (Lipinski definition) is 1. The fraction of sp³-hybridized carbons (Fsp3) is 1.00. The van der Waals surface area contributed by atoms with E-state index >= 15 is 0 Å². The monoisotopic (exact) mass is 235 g/mol. The fourth-order valence-electron chi connectivity index (χ4n) is 1.86. The predicted octanol–water partition coefficient (Wildman–Crippen LogP) is 3.29. The van der Waals surface area contributed by atoms with Crippen LogP contribution in [0.2, 0.25) is 0 Å². The molecule has 1 rings (SSSR count). The summed E-state index contributed by atoms with van der Waals surface area (Å²) in [5.74, 6) is 0. The van der Waals surface area contributed by atoms with Gasteiger partial charge in [0.25, 0.3) is 0 Å². The van der Waals surface area contributed by atoms with Gasteiger partial charge in [-0.05, 0) is 33.6 Å². The zero-order valence-corrected chi connectivity index (χ0v) is 10.2. The Morgan fingerprint density at radius 2 is 1.50 bits per heavy atom. The van der Waals surface area contributed by atoms with Crippen molar-refractivity contribution in [2.24, 2.45) is 0 Å². The molecule has 1 nitrogen and oxygen atoms in total. The zero-order chi connectivity index (χ0) is 8.32. The summed E-state index contributed by atoms with van der Waals surface area (Å²) in [4.78, 5) is 0. The van der Waals surface area contributed by atoms with Crippen LogP contribution in [-0.2, 0) is 0 Å². The summed E-state index contributed by atoms with van der Waals surface area (Å²) in [5.41, 5.74) is 0.308. The van der Waals surface area contributed by atoms with Crippen molar-refractivity contribution in [1.29, 1.82) is 0 Å². The van der Waals surface area contributed by atoms with Crippen LogP contribution in [0.15, 0.2) is 0 Å². The minimum atomic E-state index is 0. The minimum absolute atomic E-state index is 0. The molecule has 0 aromatic rings. The molecule has 0 radical (unpaired) electrons. The first kappa shape index (κ1) is 12.4. The third-order valence-corrected chi connectivity index (χ3v) is 2.24. The first-order valence-electron chi connectivity index (χ1n) is 4.86. The molecule has 1 aliphatic rings. The topological polar surface area (TPSA) is 12.0 Å². The van der Waals surface area contributed by atoms with Crippen LogP contribution in [0.5, 0.6) is 0 Å². The van der Waals surface area contributed by atoms with Crippen molar-refractivity contribution in [3.8, 4) is 0 Å². The molecular formula is C10H22BrN. The number of rotatable bonds is 1. The van der Waals surface area contributed by atoms with Crippen LogP contribution < -0.4 is 5.32 Å². The van der Waals surface area contributed by atoms with Crippen LogP contribution in [0.3, 0.4) is 0 Å². The first-order chi connectivity index (χ1) is 5.08. The summed E-state index contributed by atoms with van der Waals surface area (Å²) in [7, 11) is 0. The molecule has 0 saturated heterocycles. The lowest BCUT2D eigenvalue weighted by atomic mass is 9.93. The molecule has 0 heterocycles. The second-order valence-corrected chi connectivity index (χ2v) is 4.73. The van der Waals surface area contributed by atoms with Crippen molar-refractivity contribution < 1.29 is 0 Å². The van der Waals surface area contributed by atoms with Crippen molar-refractivity contribution >= 4 is 17.0 Å². The Labute approximate surface area is 87.1 Å². The highest BCUT2D eigenvalue weighted by Crippen LogP contribution is 2.19. The van der Waals surface area contributed by atoms with E-state index in [1.54, 1.807) is 0 Å². The Balaban J connectivity index is 0.00000121. The Kier molecular flexibility index (Phi) is 5.42. The van der Waals surface area contributed by atoms with E-state index in [-0.39, 0.29) is 17.0 Å². The van der Waals surface area contributed by atoms with Crippen LogP contribution >= 0.6 is 17.0 Å². The van der Waals surface area contributed by atoms with Crippen LogP contribution in [0, 0.1) is 0 Å². The largest absolute Gasteiger partial charge is 0.309 e. The van der Waals surface area contributed by atoms with Crippen LogP contribution in [0.4, 0.5) is 0 Å². The third kappa shape index (κ3) is 5.15. The molecule has 1 N–H and O–H groups in total. The Bertz CT molecular complexity index is 111. The Morgan fingerprint density at radius 3 is 1.92 bits per heavy atom. The molecule has 0 aromatic carbocycles. The van der Waals surface area contributed by atoms with E-state index in [0.29, 0.717) is 5.54 Å². The van der Waals surface area contributed by atoms with Gasteiger partial charge in [-0.15, -0.1) is 17.0 Å². The molecule has 0 aromatic heterocycles. The van der Waals surface area contributed by atoms with Crippen molar-refractivity contribution in [3.05, 3.63) is 0 Å². The molecule has 0 aliphatic heterocycles. The summed E-state index contributed by atoms with van der Waals surface area (Å²) in [6.45, 7) is 6.75. The molecule has 1 fully saturated rings. The van der Waals surface area contributed by atoms with Gasteiger partial charge in [-0.2, -0.15) is 0 Å². The maximum absolute atomic E-state index is 3.66. The SMILES string of the molecule is Br.CC(C)(C)NC1CCCCC1. The minimum Gasteiger partial charge on any atom is -0.309 e. The van der Waals surface area contributed by atoms with Crippen LogP contribution in [0.1, 0.15) is 52.9 Å². The van der Waals surface area contributed by atoms with Gasteiger partial charge in [0, 0.05) is 11.6 Å². The van der Waals surface area contributed by atoms with E-state index in [4.69, 9.17) is 0 Å². The Hall–Kier alpha value is 0.440. The van der Waals surface area contributed by atoms with E-state index in [1.807, 2.05) is 0 Å². The van der Waals surface area contributed by atoms with E-state index in [2.05, 4.69) is 26.1 Å². The lowest BCUT2D eigenvalue weighted by molar-refractivity contribution is 0.295. The summed E-state index contributed by atoms with van der Waals surface area (Å²) >= 11 is 0. The average Bonchev–Trinajstić information content (AvgIpc) is 1.85. The molecule has 0 spiro atoms. The Morgan fingerprint density at radius 1 is 1.00 bits per heavy atom. The normalized spacial score (nSPS) is 20.2. The van der Waals surface area contributed by atoms with Gasteiger partial charge in [0.05, 0.1) is 0 Å². The number of nitrogens with one attached hydrogen (secondary N) is 1.